The smallest absolute Gasteiger partial charge is 0.250 e. The van der Waals surface area contributed by atoms with E-state index in [1.54, 1.807) is 18.2 Å². The van der Waals surface area contributed by atoms with E-state index >= 15 is 0 Å². The summed E-state index contributed by atoms with van der Waals surface area (Å²) in [7, 11) is 0. The highest BCUT2D eigenvalue weighted by molar-refractivity contribution is 5.99. The van der Waals surface area contributed by atoms with Gasteiger partial charge in [0.05, 0.1) is 5.56 Å². The molecule has 0 aliphatic heterocycles. The van der Waals surface area contributed by atoms with Crippen LogP contribution in [0.1, 0.15) is 36.0 Å². The maximum atomic E-state index is 11.4. The predicted octanol–water partition coefficient (Wildman–Crippen LogP) is 2.22. The lowest BCUT2D eigenvalue weighted by atomic mass is 9.89. The minimum atomic E-state index is -0.407. The molecule has 0 radical (unpaired) electrons. The third-order valence-corrected chi connectivity index (χ3v) is 4.75. The van der Waals surface area contributed by atoms with Crippen LogP contribution in [0.15, 0.2) is 18.2 Å². The Hall–Kier alpha value is -1.71. The fourth-order valence-electron chi connectivity index (χ4n) is 3.79. The van der Waals surface area contributed by atoms with Gasteiger partial charge in [-0.2, -0.15) is 0 Å². The van der Waals surface area contributed by atoms with Crippen molar-refractivity contribution >= 4 is 17.3 Å². The number of nitrogen functional groups attached to an aromatic ring is 1. The van der Waals surface area contributed by atoms with Crippen molar-refractivity contribution in [2.24, 2.45) is 23.5 Å². The summed E-state index contributed by atoms with van der Waals surface area (Å²) in [5.41, 5.74) is 13.1. The molecule has 1 aromatic carbocycles. The van der Waals surface area contributed by atoms with Crippen LogP contribution in [0, 0.1) is 17.8 Å². The Morgan fingerprint density at radius 2 is 2.16 bits per heavy atom. The molecule has 1 aromatic rings. The number of primary amides is 1. The quantitative estimate of drug-likeness (QED) is 0.725. The zero-order chi connectivity index (χ0) is 13.4. The largest absolute Gasteiger partial charge is 0.399 e. The van der Waals surface area contributed by atoms with Gasteiger partial charge in [0.2, 0.25) is 0 Å². The van der Waals surface area contributed by atoms with Crippen LogP contribution in [-0.2, 0) is 0 Å². The van der Waals surface area contributed by atoms with Crippen molar-refractivity contribution in [1.29, 1.82) is 0 Å². The summed E-state index contributed by atoms with van der Waals surface area (Å²) >= 11 is 0. The van der Waals surface area contributed by atoms with Gasteiger partial charge in [-0.05, 0) is 55.2 Å². The van der Waals surface area contributed by atoms with Gasteiger partial charge in [0.25, 0.3) is 5.91 Å². The number of rotatable bonds is 4. The number of anilines is 2. The topological polar surface area (TPSA) is 81.1 Å². The molecule has 3 atom stereocenters. The fraction of sp³-hybridized carbons (Fsp3) is 0.533. The van der Waals surface area contributed by atoms with Crippen LogP contribution in [0.25, 0.3) is 0 Å². The number of hydrogen-bond donors (Lipinski definition) is 3. The number of nitrogens with one attached hydrogen (secondary N) is 1. The van der Waals surface area contributed by atoms with Crippen LogP contribution >= 0.6 is 0 Å². The first kappa shape index (κ1) is 12.3. The SMILES string of the molecule is NC(=O)c1ccc(N)cc1NCC1CC2CCC1C2. The highest BCUT2D eigenvalue weighted by Gasteiger charge is 2.39. The van der Waals surface area contributed by atoms with Crippen molar-refractivity contribution in [2.45, 2.75) is 25.7 Å². The van der Waals surface area contributed by atoms with Crippen LogP contribution < -0.4 is 16.8 Å². The molecule has 4 heteroatoms. The molecule has 3 unspecified atom stereocenters. The predicted molar refractivity (Wildman–Crippen MR) is 76.8 cm³/mol. The average molecular weight is 259 g/mol. The van der Waals surface area contributed by atoms with Gasteiger partial charge >= 0.3 is 0 Å². The molecule has 102 valence electrons. The molecule has 0 spiro atoms. The highest BCUT2D eigenvalue weighted by Crippen LogP contribution is 2.48. The minimum Gasteiger partial charge on any atom is -0.399 e. The summed E-state index contributed by atoms with van der Waals surface area (Å²) in [6.45, 7) is 0.922. The molecule has 2 aliphatic rings. The van der Waals surface area contributed by atoms with Crippen LogP contribution in [0.5, 0.6) is 0 Å². The summed E-state index contributed by atoms with van der Waals surface area (Å²) in [5.74, 6) is 2.14. The minimum absolute atomic E-state index is 0.407. The summed E-state index contributed by atoms with van der Waals surface area (Å²) in [4.78, 5) is 11.4. The molecule has 2 fully saturated rings. The van der Waals surface area contributed by atoms with Crippen molar-refractivity contribution in [3.05, 3.63) is 23.8 Å². The highest BCUT2D eigenvalue weighted by atomic mass is 16.1. The van der Waals surface area contributed by atoms with E-state index in [-0.39, 0.29) is 0 Å². The molecule has 0 aromatic heterocycles. The Balaban J connectivity index is 1.69. The van der Waals surface area contributed by atoms with E-state index in [4.69, 9.17) is 11.5 Å². The Morgan fingerprint density at radius 1 is 1.32 bits per heavy atom. The number of benzene rings is 1. The van der Waals surface area contributed by atoms with Gasteiger partial charge < -0.3 is 16.8 Å². The van der Waals surface area contributed by atoms with E-state index < -0.39 is 5.91 Å². The van der Waals surface area contributed by atoms with Gasteiger partial charge in [-0.15, -0.1) is 0 Å². The molecular weight excluding hydrogens is 238 g/mol. The van der Waals surface area contributed by atoms with E-state index in [0.717, 1.165) is 30.0 Å². The molecule has 5 N–H and O–H groups in total. The molecule has 2 aliphatic carbocycles. The van der Waals surface area contributed by atoms with Gasteiger partial charge in [0.1, 0.15) is 0 Å². The second-order valence-corrected chi connectivity index (χ2v) is 5.99. The molecule has 19 heavy (non-hydrogen) atoms. The molecular formula is C15H21N3O. The molecule has 2 saturated carbocycles. The Bertz CT molecular complexity index is 500. The lowest BCUT2D eigenvalue weighted by molar-refractivity contribution is 0.100. The van der Waals surface area contributed by atoms with Gasteiger partial charge in [0, 0.05) is 17.9 Å². The van der Waals surface area contributed by atoms with Gasteiger partial charge in [-0.25, -0.2) is 0 Å². The number of carbonyl (C=O) groups is 1. The standard InChI is InChI=1S/C15H21N3O/c16-12-3-4-13(15(17)19)14(7-12)18-8-11-6-9-1-2-10(11)5-9/h3-4,7,9-11,18H,1-2,5-6,8,16H2,(H2,17,19). The average Bonchev–Trinajstić information content (AvgIpc) is 2.98. The van der Waals surface area contributed by atoms with Crippen LogP contribution in [-0.4, -0.2) is 12.5 Å². The van der Waals surface area contributed by atoms with E-state index in [9.17, 15) is 4.79 Å². The molecule has 4 nitrogen and oxygen atoms in total. The fourth-order valence-corrected chi connectivity index (χ4v) is 3.79. The van der Waals surface area contributed by atoms with E-state index in [1.807, 2.05) is 0 Å². The van der Waals surface area contributed by atoms with Crippen LogP contribution in [0.4, 0.5) is 11.4 Å². The molecule has 0 heterocycles. The van der Waals surface area contributed by atoms with Gasteiger partial charge in [-0.3, -0.25) is 4.79 Å². The molecule has 1 amide bonds. The zero-order valence-electron chi connectivity index (χ0n) is 11.1. The van der Waals surface area contributed by atoms with Crippen molar-refractivity contribution in [3.8, 4) is 0 Å². The number of fused-ring (bicyclic) bond motifs is 2. The van der Waals surface area contributed by atoms with Crippen molar-refractivity contribution in [1.82, 2.24) is 0 Å². The van der Waals surface area contributed by atoms with E-state index in [1.165, 1.54) is 25.7 Å². The Labute approximate surface area is 113 Å². The summed E-state index contributed by atoms with van der Waals surface area (Å²) < 4.78 is 0. The van der Waals surface area contributed by atoms with E-state index in [0.29, 0.717) is 11.3 Å². The number of nitrogens with two attached hydrogens (primary N) is 2. The first-order valence-corrected chi connectivity index (χ1v) is 7.06. The summed E-state index contributed by atoms with van der Waals surface area (Å²) in [6.07, 6.45) is 5.50. The third-order valence-electron chi connectivity index (χ3n) is 4.75. The molecule has 0 saturated heterocycles. The number of carbonyl (C=O) groups excluding carboxylic acids is 1. The Kier molecular flexibility index (Phi) is 3.09. The summed E-state index contributed by atoms with van der Waals surface area (Å²) in [5, 5.41) is 3.38. The third kappa shape index (κ3) is 2.39. The molecule has 3 rings (SSSR count). The van der Waals surface area contributed by atoms with Gasteiger partial charge in [0.15, 0.2) is 0 Å². The van der Waals surface area contributed by atoms with Crippen molar-refractivity contribution < 1.29 is 4.79 Å². The van der Waals surface area contributed by atoms with Crippen LogP contribution in [0.3, 0.4) is 0 Å². The monoisotopic (exact) mass is 259 g/mol. The summed E-state index contributed by atoms with van der Waals surface area (Å²) in [6, 6.07) is 5.21. The van der Waals surface area contributed by atoms with E-state index in [2.05, 4.69) is 5.32 Å². The van der Waals surface area contributed by atoms with Crippen LogP contribution in [0.2, 0.25) is 0 Å². The lowest BCUT2D eigenvalue weighted by Crippen LogP contribution is -2.22. The van der Waals surface area contributed by atoms with Gasteiger partial charge in [-0.1, -0.05) is 6.42 Å². The van der Waals surface area contributed by atoms with Crippen molar-refractivity contribution in [2.75, 3.05) is 17.6 Å². The first-order valence-electron chi connectivity index (χ1n) is 7.06. The normalized spacial score (nSPS) is 28.5. The lowest BCUT2D eigenvalue weighted by Gasteiger charge is -2.23. The second kappa shape index (κ2) is 4.76. The number of hydrogen-bond acceptors (Lipinski definition) is 3. The maximum absolute atomic E-state index is 11.4. The molecule has 2 bridgehead atoms. The first-order chi connectivity index (χ1) is 9.13. The zero-order valence-corrected chi connectivity index (χ0v) is 11.1. The maximum Gasteiger partial charge on any atom is 0.250 e. The van der Waals surface area contributed by atoms with Crippen molar-refractivity contribution in [3.63, 3.8) is 0 Å². The number of amides is 1. The second-order valence-electron chi connectivity index (χ2n) is 5.99. The Morgan fingerprint density at radius 3 is 2.79 bits per heavy atom.